The maximum absolute atomic E-state index is 13.5. The molecule has 3 heterocycles. The number of rotatable bonds is 6. The summed E-state index contributed by atoms with van der Waals surface area (Å²) in [7, 11) is 0. The first-order chi connectivity index (χ1) is 16.2. The zero-order valence-corrected chi connectivity index (χ0v) is 17.7. The number of alkyl halides is 3. The van der Waals surface area contributed by atoms with Crippen molar-refractivity contribution in [1.82, 2.24) is 15.0 Å². The van der Waals surface area contributed by atoms with Crippen LogP contribution in [0.4, 0.5) is 40.7 Å². The lowest BCUT2D eigenvalue weighted by atomic mass is 10.1. The number of nitro groups is 1. The minimum atomic E-state index is -4.86. The molecule has 1 saturated heterocycles. The number of pyridine rings is 1. The maximum atomic E-state index is 13.5. The van der Waals surface area contributed by atoms with Gasteiger partial charge in [0.1, 0.15) is 18.0 Å². The van der Waals surface area contributed by atoms with Gasteiger partial charge in [-0.15, -0.1) is 0 Å². The molecule has 4 rings (SSSR count). The Morgan fingerprint density at radius 1 is 1.03 bits per heavy atom. The fourth-order valence-electron chi connectivity index (χ4n) is 3.67. The van der Waals surface area contributed by atoms with Crippen LogP contribution in [0.25, 0.3) is 0 Å². The summed E-state index contributed by atoms with van der Waals surface area (Å²) in [5.41, 5.74) is -1.70. The van der Waals surface area contributed by atoms with Crippen LogP contribution in [0, 0.1) is 15.9 Å². The summed E-state index contributed by atoms with van der Waals surface area (Å²) in [6.07, 6.45) is -2.01. The fraction of sp³-hybridized carbons (Fsp3) is 0.286. The highest BCUT2D eigenvalue weighted by atomic mass is 19.4. The number of hydrogen-bond donors (Lipinski definition) is 1. The molecule has 1 aliphatic rings. The predicted molar refractivity (Wildman–Crippen MR) is 116 cm³/mol. The zero-order chi connectivity index (χ0) is 24.3. The van der Waals surface area contributed by atoms with Crippen molar-refractivity contribution in [2.45, 2.75) is 12.7 Å². The van der Waals surface area contributed by atoms with Crippen LogP contribution in [0.2, 0.25) is 0 Å². The second kappa shape index (κ2) is 9.45. The van der Waals surface area contributed by atoms with Crippen molar-refractivity contribution >= 4 is 23.1 Å². The largest absolute Gasteiger partial charge is 0.419 e. The van der Waals surface area contributed by atoms with Gasteiger partial charge in [0.15, 0.2) is 0 Å². The van der Waals surface area contributed by atoms with E-state index in [1.807, 2.05) is 18.2 Å². The third kappa shape index (κ3) is 4.97. The van der Waals surface area contributed by atoms with E-state index in [1.54, 1.807) is 11.1 Å². The first-order valence-corrected chi connectivity index (χ1v) is 10.2. The molecule has 0 radical (unpaired) electrons. The molecule has 2 aromatic heterocycles. The van der Waals surface area contributed by atoms with E-state index in [-0.39, 0.29) is 29.4 Å². The lowest BCUT2D eigenvalue weighted by Gasteiger charge is -2.35. The van der Waals surface area contributed by atoms with E-state index in [0.29, 0.717) is 38.3 Å². The van der Waals surface area contributed by atoms with Crippen LogP contribution in [-0.4, -0.2) is 46.1 Å². The first-order valence-electron chi connectivity index (χ1n) is 10.2. The molecule has 0 atom stereocenters. The second-order valence-corrected chi connectivity index (χ2v) is 7.48. The highest BCUT2D eigenvalue weighted by Gasteiger charge is 2.34. The topological polar surface area (TPSA) is 100 Å². The van der Waals surface area contributed by atoms with Gasteiger partial charge in [-0.2, -0.15) is 13.2 Å². The van der Waals surface area contributed by atoms with Gasteiger partial charge in [-0.25, -0.2) is 19.3 Å². The summed E-state index contributed by atoms with van der Waals surface area (Å²) in [6, 6.07) is 8.11. The number of nitrogens with zero attached hydrogens (tertiary/aromatic N) is 6. The van der Waals surface area contributed by atoms with Crippen LogP contribution in [0.1, 0.15) is 11.1 Å². The van der Waals surface area contributed by atoms with Gasteiger partial charge >= 0.3 is 11.9 Å². The number of hydrogen-bond acceptors (Lipinski definition) is 8. The second-order valence-electron chi connectivity index (χ2n) is 7.48. The molecule has 1 fully saturated rings. The number of aromatic nitrogens is 3. The normalized spacial score (nSPS) is 14.2. The van der Waals surface area contributed by atoms with E-state index < -0.39 is 22.5 Å². The molecule has 13 heteroatoms. The van der Waals surface area contributed by atoms with Gasteiger partial charge in [-0.05, 0) is 29.8 Å². The van der Waals surface area contributed by atoms with E-state index in [1.165, 1.54) is 6.07 Å². The third-order valence-electron chi connectivity index (χ3n) is 5.33. The van der Waals surface area contributed by atoms with E-state index in [4.69, 9.17) is 0 Å². The minimum Gasteiger partial charge on any atom is -0.360 e. The van der Waals surface area contributed by atoms with Crippen molar-refractivity contribution in [3.63, 3.8) is 0 Å². The Morgan fingerprint density at radius 3 is 2.41 bits per heavy atom. The summed E-state index contributed by atoms with van der Waals surface area (Å²) in [5, 5.41) is 14.5. The van der Waals surface area contributed by atoms with Gasteiger partial charge in [-0.3, -0.25) is 10.1 Å². The quantitative estimate of drug-likeness (QED) is 0.324. The highest BCUT2D eigenvalue weighted by Crippen LogP contribution is 2.34. The molecular formula is C21H19F4N7O2. The predicted octanol–water partition coefficient (Wildman–Crippen LogP) is 3.88. The molecule has 1 aromatic carbocycles. The van der Waals surface area contributed by atoms with Crippen LogP contribution < -0.4 is 15.1 Å². The molecule has 0 spiro atoms. The SMILES string of the molecule is O=[N+]([O-])c1c(NCc2ccc(F)c(C(F)(F)F)c2)ncnc1N1CCN(c2ccccn2)CC1. The number of nitrogens with one attached hydrogen (secondary N) is 1. The Balaban J connectivity index is 1.52. The Labute approximate surface area is 191 Å². The molecule has 0 aliphatic carbocycles. The molecule has 0 saturated carbocycles. The van der Waals surface area contributed by atoms with Crippen LogP contribution in [0.5, 0.6) is 0 Å². The average Bonchev–Trinajstić information content (AvgIpc) is 2.83. The average molecular weight is 477 g/mol. The summed E-state index contributed by atoms with van der Waals surface area (Å²) in [4.78, 5) is 27.3. The molecule has 0 amide bonds. The highest BCUT2D eigenvalue weighted by molar-refractivity contribution is 5.70. The van der Waals surface area contributed by atoms with Crippen molar-refractivity contribution in [2.24, 2.45) is 0 Å². The third-order valence-corrected chi connectivity index (χ3v) is 5.33. The van der Waals surface area contributed by atoms with E-state index >= 15 is 0 Å². The molecular weight excluding hydrogens is 458 g/mol. The molecule has 3 aromatic rings. The van der Waals surface area contributed by atoms with E-state index in [0.717, 1.165) is 12.1 Å². The minimum absolute atomic E-state index is 0.0900. The Hall–Kier alpha value is -4.03. The Morgan fingerprint density at radius 2 is 1.76 bits per heavy atom. The van der Waals surface area contributed by atoms with Gasteiger partial charge in [0.25, 0.3) is 0 Å². The number of halogens is 4. The summed E-state index contributed by atoms with van der Waals surface area (Å²) >= 11 is 0. The van der Waals surface area contributed by atoms with Crippen LogP contribution in [-0.2, 0) is 12.7 Å². The van der Waals surface area contributed by atoms with Gasteiger partial charge in [-0.1, -0.05) is 12.1 Å². The fourth-order valence-corrected chi connectivity index (χ4v) is 3.67. The lowest BCUT2D eigenvalue weighted by molar-refractivity contribution is -0.383. The van der Waals surface area contributed by atoms with Crippen LogP contribution >= 0.6 is 0 Å². The molecule has 0 unspecified atom stereocenters. The number of anilines is 3. The van der Waals surface area contributed by atoms with E-state index in [2.05, 4.69) is 25.2 Å². The van der Waals surface area contributed by atoms with Crippen molar-refractivity contribution in [2.75, 3.05) is 41.3 Å². The monoisotopic (exact) mass is 477 g/mol. The molecule has 1 N–H and O–H groups in total. The maximum Gasteiger partial charge on any atom is 0.419 e. The first kappa shape index (κ1) is 23.1. The van der Waals surface area contributed by atoms with Crippen LogP contribution in [0.3, 0.4) is 0 Å². The van der Waals surface area contributed by atoms with Crippen molar-refractivity contribution in [1.29, 1.82) is 0 Å². The lowest BCUT2D eigenvalue weighted by Crippen LogP contribution is -2.47. The smallest absolute Gasteiger partial charge is 0.360 e. The molecule has 178 valence electrons. The summed E-state index contributed by atoms with van der Waals surface area (Å²) < 4.78 is 52.5. The van der Waals surface area contributed by atoms with Gasteiger partial charge in [0, 0.05) is 38.9 Å². The van der Waals surface area contributed by atoms with Crippen LogP contribution in [0.15, 0.2) is 48.9 Å². The number of benzene rings is 1. The molecule has 1 aliphatic heterocycles. The standard InChI is InChI=1S/C21H19F4N7O2/c22-16-5-4-14(11-15(16)21(23,24)25)12-27-19-18(32(33)34)20(29-13-28-19)31-9-7-30(8-10-31)17-3-1-2-6-26-17/h1-6,11,13H,7-10,12H2,(H,27,28,29). The van der Waals surface area contributed by atoms with Crippen molar-refractivity contribution in [3.05, 3.63) is 76.0 Å². The Bertz CT molecular complexity index is 1170. The zero-order valence-electron chi connectivity index (χ0n) is 17.7. The van der Waals surface area contributed by atoms with Gasteiger partial charge in [0.2, 0.25) is 11.6 Å². The van der Waals surface area contributed by atoms with Gasteiger partial charge in [0.05, 0.1) is 10.5 Å². The summed E-state index contributed by atoms with van der Waals surface area (Å²) in [6.45, 7) is 1.79. The molecule has 0 bridgehead atoms. The Kier molecular flexibility index (Phi) is 6.43. The van der Waals surface area contributed by atoms with Crippen molar-refractivity contribution in [3.8, 4) is 0 Å². The van der Waals surface area contributed by atoms with Crippen molar-refractivity contribution < 1.29 is 22.5 Å². The molecule has 9 nitrogen and oxygen atoms in total. The molecule has 34 heavy (non-hydrogen) atoms. The summed E-state index contributed by atoms with van der Waals surface area (Å²) in [5.74, 6) is -0.617. The van der Waals surface area contributed by atoms with E-state index in [9.17, 15) is 27.7 Å². The number of piperazine rings is 1. The van der Waals surface area contributed by atoms with Gasteiger partial charge < -0.3 is 15.1 Å².